The Balaban J connectivity index is 2.30. The van der Waals surface area contributed by atoms with E-state index in [0.717, 1.165) is 16.9 Å². The van der Waals surface area contributed by atoms with E-state index in [1.165, 1.54) is 6.07 Å². The second kappa shape index (κ2) is 7.12. The van der Waals surface area contributed by atoms with Gasteiger partial charge in [0.25, 0.3) is 0 Å². The molecule has 112 valence electrons. The van der Waals surface area contributed by atoms with Crippen LogP contribution in [-0.2, 0) is 6.42 Å². The van der Waals surface area contributed by atoms with E-state index in [2.05, 4.69) is 5.32 Å². The molecule has 0 aliphatic heterocycles. The first-order chi connectivity index (χ1) is 10.0. The maximum Gasteiger partial charge on any atom is 0.141 e. The zero-order valence-corrected chi connectivity index (χ0v) is 13.3. The monoisotopic (exact) mass is 327 g/mol. The number of likely N-dealkylation sites (N-methyl/N-ethyl adjacent to an activating group) is 1. The molecule has 1 N–H and O–H groups in total. The average Bonchev–Trinajstić information content (AvgIpc) is 2.48. The third-order valence-corrected chi connectivity index (χ3v) is 3.89. The number of ether oxygens (including phenoxy) is 1. The molecule has 1 atom stereocenters. The van der Waals surface area contributed by atoms with Crippen LogP contribution >= 0.6 is 23.2 Å². The molecule has 2 rings (SSSR count). The van der Waals surface area contributed by atoms with E-state index in [1.807, 2.05) is 19.2 Å². The fourth-order valence-electron chi connectivity index (χ4n) is 2.24. The molecule has 1 unspecified atom stereocenters. The van der Waals surface area contributed by atoms with E-state index < -0.39 is 5.82 Å². The number of methoxy groups -OCH3 is 1. The van der Waals surface area contributed by atoms with Gasteiger partial charge in [0.05, 0.1) is 12.1 Å². The average molecular weight is 328 g/mol. The van der Waals surface area contributed by atoms with E-state index in [0.29, 0.717) is 11.4 Å². The van der Waals surface area contributed by atoms with Gasteiger partial charge in [0.2, 0.25) is 0 Å². The van der Waals surface area contributed by atoms with Gasteiger partial charge in [-0.25, -0.2) is 4.39 Å². The van der Waals surface area contributed by atoms with Gasteiger partial charge in [-0.2, -0.15) is 0 Å². The molecule has 2 nitrogen and oxygen atoms in total. The van der Waals surface area contributed by atoms with Crippen molar-refractivity contribution < 1.29 is 9.13 Å². The minimum absolute atomic E-state index is 0.0181. The van der Waals surface area contributed by atoms with Gasteiger partial charge in [-0.15, -0.1) is 0 Å². The molecule has 0 fully saturated rings. The van der Waals surface area contributed by atoms with Crippen molar-refractivity contribution in [2.75, 3.05) is 14.2 Å². The Hall–Kier alpha value is -1.29. The fraction of sp³-hybridized carbons (Fsp3) is 0.250. The van der Waals surface area contributed by atoms with Crippen LogP contribution in [0.2, 0.25) is 10.0 Å². The SMILES string of the molecule is CNC(Cc1cc(Cl)ccc1OC)c1ccc(F)c(Cl)c1. The van der Waals surface area contributed by atoms with E-state index in [4.69, 9.17) is 27.9 Å². The molecule has 5 heteroatoms. The molecule has 0 amide bonds. The highest BCUT2D eigenvalue weighted by atomic mass is 35.5. The van der Waals surface area contributed by atoms with Gasteiger partial charge in [-0.1, -0.05) is 29.3 Å². The second-order valence-corrected chi connectivity index (χ2v) is 5.52. The van der Waals surface area contributed by atoms with E-state index >= 15 is 0 Å². The Morgan fingerprint density at radius 2 is 1.95 bits per heavy atom. The lowest BCUT2D eigenvalue weighted by atomic mass is 9.98. The molecule has 21 heavy (non-hydrogen) atoms. The van der Waals surface area contributed by atoms with Crippen molar-refractivity contribution in [1.29, 1.82) is 0 Å². The van der Waals surface area contributed by atoms with Crippen LogP contribution in [-0.4, -0.2) is 14.2 Å². The summed E-state index contributed by atoms with van der Waals surface area (Å²) in [7, 11) is 3.47. The van der Waals surface area contributed by atoms with Crippen LogP contribution in [0.1, 0.15) is 17.2 Å². The van der Waals surface area contributed by atoms with Crippen LogP contribution in [0.25, 0.3) is 0 Å². The molecule has 0 saturated heterocycles. The molecule has 2 aromatic rings. The summed E-state index contributed by atoms with van der Waals surface area (Å²) < 4.78 is 18.6. The summed E-state index contributed by atoms with van der Waals surface area (Å²) in [4.78, 5) is 0. The lowest BCUT2D eigenvalue weighted by Gasteiger charge is -2.19. The number of hydrogen-bond donors (Lipinski definition) is 1. The highest BCUT2D eigenvalue weighted by Crippen LogP contribution is 2.29. The van der Waals surface area contributed by atoms with Crippen molar-refractivity contribution in [3.8, 4) is 5.75 Å². The molecule has 0 heterocycles. The summed E-state index contributed by atoms with van der Waals surface area (Å²) in [5.74, 6) is 0.350. The first kappa shape index (κ1) is 16.1. The number of hydrogen-bond acceptors (Lipinski definition) is 2. The van der Waals surface area contributed by atoms with Gasteiger partial charge < -0.3 is 10.1 Å². The van der Waals surface area contributed by atoms with E-state index in [1.54, 1.807) is 25.3 Å². The Kier molecular flexibility index (Phi) is 5.45. The van der Waals surface area contributed by atoms with Crippen molar-refractivity contribution >= 4 is 23.2 Å². The third kappa shape index (κ3) is 3.88. The molecule has 0 spiro atoms. The summed E-state index contributed by atoms with van der Waals surface area (Å²) in [5.41, 5.74) is 1.88. The van der Waals surface area contributed by atoms with Gasteiger partial charge in [0.1, 0.15) is 11.6 Å². The Labute approximate surface area is 133 Å². The predicted octanol–water partition coefficient (Wildman–Crippen LogP) is 4.64. The highest BCUT2D eigenvalue weighted by molar-refractivity contribution is 6.31. The summed E-state index contributed by atoms with van der Waals surface area (Å²) in [6.45, 7) is 0. The van der Waals surface area contributed by atoms with Crippen LogP contribution < -0.4 is 10.1 Å². The molecule has 2 aromatic carbocycles. The minimum atomic E-state index is -0.421. The number of rotatable bonds is 5. The molecule has 0 aliphatic carbocycles. The second-order valence-electron chi connectivity index (χ2n) is 4.68. The first-order valence-electron chi connectivity index (χ1n) is 6.49. The number of benzene rings is 2. The largest absolute Gasteiger partial charge is 0.496 e. The molecule has 0 bridgehead atoms. The van der Waals surface area contributed by atoms with Gasteiger partial charge in [-0.05, 0) is 54.9 Å². The summed E-state index contributed by atoms with van der Waals surface area (Å²) in [5, 5.41) is 3.97. The molecule has 0 aromatic heterocycles. The van der Waals surface area contributed by atoms with Gasteiger partial charge in [-0.3, -0.25) is 0 Å². The maximum atomic E-state index is 13.3. The predicted molar refractivity (Wildman–Crippen MR) is 84.9 cm³/mol. The van der Waals surface area contributed by atoms with Crippen LogP contribution in [0.5, 0.6) is 5.75 Å². The minimum Gasteiger partial charge on any atom is -0.496 e. The smallest absolute Gasteiger partial charge is 0.141 e. The zero-order chi connectivity index (χ0) is 15.4. The fourth-order valence-corrected chi connectivity index (χ4v) is 2.63. The quantitative estimate of drug-likeness (QED) is 0.863. The van der Waals surface area contributed by atoms with Crippen LogP contribution in [0.3, 0.4) is 0 Å². The molecular weight excluding hydrogens is 312 g/mol. The van der Waals surface area contributed by atoms with Crippen LogP contribution in [0.4, 0.5) is 4.39 Å². The van der Waals surface area contributed by atoms with Crippen molar-refractivity contribution in [3.05, 3.63) is 63.4 Å². The van der Waals surface area contributed by atoms with Crippen LogP contribution in [0, 0.1) is 5.82 Å². The summed E-state index contributed by atoms with van der Waals surface area (Å²) in [6.07, 6.45) is 0.655. The molecule has 0 aliphatic rings. The summed E-state index contributed by atoms with van der Waals surface area (Å²) >= 11 is 11.9. The van der Waals surface area contributed by atoms with Crippen molar-refractivity contribution in [3.63, 3.8) is 0 Å². The lowest BCUT2D eigenvalue weighted by molar-refractivity contribution is 0.406. The van der Waals surface area contributed by atoms with Gasteiger partial charge >= 0.3 is 0 Å². The number of halogens is 3. The Morgan fingerprint density at radius 1 is 1.19 bits per heavy atom. The van der Waals surface area contributed by atoms with Crippen LogP contribution in [0.15, 0.2) is 36.4 Å². The third-order valence-electron chi connectivity index (χ3n) is 3.36. The van der Waals surface area contributed by atoms with E-state index in [9.17, 15) is 4.39 Å². The summed E-state index contributed by atoms with van der Waals surface area (Å²) in [6, 6.07) is 10.2. The molecular formula is C16H16Cl2FNO. The van der Waals surface area contributed by atoms with Gasteiger partial charge in [0, 0.05) is 11.1 Å². The Bertz CT molecular complexity index is 634. The maximum absolute atomic E-state index is 13.3. The molecule has 0 radical (unpaired) electrons. The van der Waals surface area contributed by atoms with E-state index in [-0.39, 0.29) is 11.1 Å². The van der Waals surface area contributed by atoms with Crippen molar-refractivity contribution in [2.45, 2.75) is 12.5 Å². The standard InChI is InChI=1S/C16H16Cl2FNO/c1-20-15(10-3-5-14(19)13(18)8-10)9-11-7-12(17)4-6-16(11)21-2/h3-8,15,20H,9H2,1-2H3. The highest BCUT2D eigenvalue weighted by Gasteiger charge is 2.15. The lowest BCUT2D eigenvalue weighted by Crippen LogP contribution is -2.19. The Morgan fingerprint density at radius 3 is 2.57 bits per heavy atom. The number of nitrogens with one attached hydrogen (secondary N) is 1. The first-order valence-corrected chi connectivity index (χ1v) is 7.25. The zero-order valence-electron chi connectivity index (χ0n) is 11.8. The van der Waals surface area contributed by atoms with Gasteiger partial charge in [0.15, 0.2) is 0 Å². The molecule has 0 saturated carbocycles. The van der Waals surface area contributed by atoms with Crippen molar-refractivity contribution in [2.24, 2.45) is 0 Å². The van der Waals surface area contributed by atoms with Crippen molar-refractivity contribution in [1.82, 2.24) is 5.32 Å². The normalized spacial score (nSPS) is 12.2. The topological polar surface area (TPSA) is 21.3 Å².